The summed E-state index contributed by atoms with van der Waals surface area (Å²) >= 11 is 0. The molecule has 1 aliphatic rings. The summed E-state index contributed by atoms with van der Waals surface area (Å²) in [4.78, 5) is 15.2. The van der Waals surface area contributed by atoms with Crippen molar-refractivity contribution in [3.8, 4) is 0 Å². The second kappa shape index (κ2) is 3.90. The fourth-order valence-electron chi connectivity index (χ4n) is 1.67. The van der Waals surface area contributed by atoms with Gasteiger partial charge in [0.25, 0.3) is 0 Å². The number of nitrogens with zero attached hydrogens (tertiary/aromatic N) is 2. The van der Waals surface area contributed by atoms with Crippen LogP contribution in [0.1, 0.15) is 37.9 Å². The zero-order valence-corrected chi connectivity index (χ0v) is 9.39. The van der Waals surface area contributed by atoms with Gasteiger partial charge < -0.3 is 15.4 Å². The first-order valence-electron chi connectivity index (χ1n) is 5.54. The maximum atomic E-state index is 10.9. The fourth-order valence-corrected chi connectivity index (χ4v) is 1.67. The minimum Gasteiger partial charge on any atom is -0.480 e. The Morgan fingerprint density at radius 3 is 3.00 bits per heavy atom. The van der Waals surface area contributed by atoms with Gasteiger partial charge >= 0.3 is 5.97 Å². The van der Waals surface area contributed by atoms with Crippen LogP contribution in [-0.4, -0.2) is 26.2 Å². The summed E-state index contributed by atoms with van der Waals surface area (Å²) in [7, 11) is 0. The molecule has 0 aliphatic heterocycles. The van der Waals surface area contributed by atoms with Crippen LogP contribution in [0.25, 0.3) is 0 Å². The number of hydrogen-bond acceptors (Lipinski definition) is 3. The number of aliphatic carboxylic acids is 1. The van der Waals surface area contributed by atoms with Crippen LogP contribution in [0.15, 0.2) is 12.4 Å². The topological polar surface area (TPSA) is 81.1 Å². The summed E-state index contributed by atoms with van der Waals surface area (Å²) < 4.78 is 2.02. The number of carboxylic acids is 1. The van der Waals surface area contributed by atoms with Crippen LogP contribution in [0.3, 0.4) is 0 Å². The first kappa shape index (κ1) is 11.1. The Kier molecular flexibility index (Phi) is 2.71. The molecule has 0 saturated heterocycles. The van der Waals surface area contributed by atoms with E-state index < -0.39 is 11.5 Å². The molecule has 5 heteroatoms. The van der Waals surface area contributed by atoms with E-state index in [0.29, 0.717) is 18.9 Å². The Morgan fingerprint density at radius 1 is 1.75 bits per heavy atom. The Morgan fingerprint density at radius 2 is 2.44 bits per heavy atom. The molecule has 1 unspecified atom stereocenters. The van der Waals surface area contributed by atoms with Crippen LogP contribution in [0, 0.1) is 0 Å². The summed E-state index contributed by atoms with van der Waals surface area (Å²) in [5.74, 6) is 0.686. The van der Waals surface area contributed by atoms with E-state index in [4.69, 9.17) is 10.8 Å². The summed E-state index contributed by atoms with van der Waals surface area (Å²) in [5.41, 5.74) is 4.52. The van der Waals surface area contributed by atoms with Crippen LogP contribution in [-0.2, 0) is 11.3 Å². The number of hydrogen-bond donors (Lipinski definition) is 2. The van der Waals surface area contributed by atoms with E-state index >= 15 is 0 Å². The van der Waals surface area contributed by atoms with Crippen LogP contribution in [0.2, 0.25) is 0 Å². The lowest BCUT2D eigenvalue weighted by molar-refractivity contribution is -0.143. The third-order valence-electron chi connectivity index (χ3n) is 3.05. The Bertz CT molecular complexity index is 394. The highest BCUT2D eigenvalue weighted by atomic mass is 16.4. The number of carboxylic acid groups (broad SMARTS) is 1. The standard InChI is InChI=1S/C11H17N3O2/c1-11(12,10(15)16)4-6-14-7-5-13-9(14)8-2-3-8/h5,7-8H,2-4,6,12H2,1H3,(H,15,16). The number of aromatic nitrogens is 2. The van der Waals surface area contributed by atoms with Crippen LogP contribution in [0.4, 0.5) is 0 Å². The van der Waals surface area contributed by atoms with Crippen molar-refractivity contribution in [3.05, 3.63) is 18.2 Å². The molecule has 1 aliphatic carbocycles. The van der Waals surface area contributed by atoms with Crippen molar-refractivity contribution in [2.24, 2.45) is 5.73 Å². The van der Waals surface area contributed by atoms with Gasteiger partial charge in [-0.2, -0.15) is 0 Å². The molecule has 1 heterocycles. The zero-order valence-electron chi connectivity index (χ0n) is 9.39. The monoisotopic (exact) mass is 223 g/mol. The second-order valence-corrected chi connectivity index (χ2v) is 4.73. The van der Waals surface area contributed by atoms with Crippen LogP contribution < -0.4 is 5.73 Å². The van der Waals surface area contributed by atoms with Gasteiger partial charge in [0.2, 0.25) is 0 Å². The van der Waals surface area contributed by atoms with Crippen LogP contribution >= 0.6 is 0 Å². The van der Waals surface area contributed by atoms with Crippen molar-refractivity contribution in [3.63, 3.8) is 0 Å². The summed E-state index contributed by atoms with van der Waals surface area (Å²) in [6.07, 6.45) is 6.46. The first-order chi connectivity index (χ1) is 7.50. The van der Waals surface area contributed by atoms with E-state index in [0.717, 1.165) is 5.82 Å². The van der Waals surface area contributed by atoms with E-state index in [-0.39, 0.29) is 0 Å². The van der Waals surface area contributed by atoms with Gasteiger partial charge in [0, 0.05) is 24.9 Å². The molecule has 1 fully saturated rings. The summed E-state index contributed by atoms with van der Waals surface area (Å²) in [5, 5.41) is 8.91. The van der Waals surface area contributed by atoms with E-state index in [2.05, 4.69) is 4.98 Å². The van der Waals surface area contributed by atoms with Crippen molar-refractivity contribution in [2.45, 2.75) is 44.2 Å². The number of nitrogens with two attached hydrogens (primary N) is 1. The molecule has 3 N–H and O–H groups in total. The van der Waals surface area contributed by atoms with Crippen molar-refractivity contribution in [2.75, 3.05) is 0 Å². The lowest BCUT2D eigenvalue weighted by Crippen LogP contribution is -2.45. The van der Waals surface area contributed by atoms with Crippen molar-refractivity contribution in [1.29, 1.82) is 0 Å². The average molecular weight is 223 g/mol. The molecular weight excluding hydrogens is 206 g/mol. The Hall–Kier alpha value is -1.36. The third kappa shape index (κ3) is 2.24. The number of imidazole rings is 1. The number of rotatable bonds is 5. The molecule has 88 valence electrons. The van der Waals surface area contributed by atoms with Crippen molar-refractivity contribution in [1.82, 2.24) is 9.55 Å². The van der Waals surface area contributed by atoms with Gasteiger partial charge in [0.05, 0.1) is 0 Å². The maximum absolute atomic E-state index is 10.9. The van der Waals surface area contributed by atoms with Gasteiger partial charge in [-0.3, -0.25) is 4.79 Å². The van der Waals surface area contributed by atoms with Gasteiger partial charge in [-0.05, 0) is 26.2 Å². The van der Waals surface area contributed by atoms with Gasteiger partial charge in [-0.15, -0.1) is 0 Å². The molecule has 1 atom stereocenters. The average Bonchev–Trinajstić information content (AvgIpc) is 2.95. The Labute approximate surface area is 94.3 Å². The van der Waals surface area contributed by atoms with Crippen molar-refractivity contribution >= 4 is 5.97 Å². The first-order valence-corrected chi connectivity index (χ1v) is 5.54. The van der Waals surface area contributed by atoms with Gasteiger partial charge in [-0.1, -0.05) is 0 Å². The molecule has 0 radical (unpaired) electrons. The van der Waals surface area contributed by atoms with Crippen LogP contribution in [0.5, 0.6) is 0 Å². The maximum Gasteiger partial charge on any atom is 0.323 e. The molecule has 1 saturated carbocycles. The predicted octanol–water partition coefficient (Wildman–Crippen LogP) is 0.953. The molecule has 0 bridgehead atoms. The van der Waals surface area contributed by atoms with E-state index in [1.54, 1.807) is 13.1 Å². The minimum atomic E-state index is -1.16. The lowest BCUT2D eigenvalue weighted by atomic mass is 10.00. The molecule has 16 heavy (non-hydrogen) atoms. The number of aryl methyl sites for hydroxylation is 1. The molecular formula is C11H17N3O2. The minimum absolute atomic E-state index is 0.415. The highest BCUT2D eigenvalue weighted by Gasteiger charge is 2.30. The molecule has 0 amide bonds. The Balaban J connectivity index is 1.99. The van der Waals surface area contributed by atoms with Gasteiger partial charge in [0.15, 0.2) is 0 Å². The lowest BCUT2D eigenvalue weighted by Gasteiger charge is -2.19. The molecule has 1 aromatic rings. The quantitative estimate of drug-likeness (QED) is 0.778. The normalized spacial score (nSPS) is 19.4. The molecule has 2 rings (SSSR count). The third-order valence-corrected chi connectivity index (χ3v) is 3.05. The van der Waals surface area contributed by atoms with E-state index in [1.165, 1.54) is 12.8 Å². The second-order valence-electron chi connectivity index (χ2n) is 4.73. The number of carbonyl (C=O) groups is 1. The van der Waals surface area contributed by atoms with E-state index in [1.807, 2.05) is 10.8 Å². The molecule has 0 aromatic carbocycles. The van der Waals surface area contributed by atoms with Gasteiger partial charge in [-0.25, -0.2) is 4.98 Å². The molecule has 0 spiro atoms. The summed E-state index contributed by atoms with van der Waals surface area (Å²) in [6, 6.07) is 0. The SMILES string of the molecule is CC(N)(CCn1ccnc1C1CC1)C(=O)O. The van der Waals surface area contributed by atoms with Crippen molar-refractivity contribution < 1.29 is 9.90 Å². The highest BCUT2D eigenvalue weighted by Crippen LogP contribution is 2.39. The van der Waals surface area contributed by atoms with E-state index in [9.17, 15) is 4.79 Å². The molecule has 1 aromatic heterocycles. The predicted molar refractivity (Wildman–Crippen MR) is 59.0 cm³/mol. The van der Waals surface area contributed by atoms with Gasteiger partial charge in [0.1, 0.15) is 11.4 Å². The largest absolute Gasteiger partial charge is 0.480 e. The summed E-state index contributed by atoms with van der Waals surface area (Å²) in [6.45, 7) is 2.16. The smallest absolute Gasteiger partial charge is 0.323 e. The highest BCUT2D eigenvalue weighted by molar-refractivity contribution is 5.77. The fraction of sp³-hybridized carbons (Fsp3) is 0.636. The molecule has 5 nitrogen and oxygen atoms in total. The zero-order chi connectivity index (χ0) is 11.8.